The molecule has 0 saturated carbocycles. The van der Waals surface area contributed by atoms with E-state index in [9.17, 15) is 14.4 Å². The lowest BCUT2D eigenvalue weighted by molar-refractivity contribution is -0.128. The Kier molecular flexibility index (Phi) is 7.45. The number of aryl methyl sites for hydroxylation is 2. The molecule has 0 spiro atoms. The van der Waals surface area contributed by atoms with Gasteiger partial charge in [0.1, 0.15) is 0 Å². The van der Waals surface area contributed by atoms with Crippen LogP contribution in [0.5, 0.6) is 0 Å². The fraction of sp³-hybridized carbons (Fsp3) is 0.323. The lowest BCUT2D eigenvalue weighted by atomic mass is 10.1. The number of carbonyl (C=O) groups excluding carboxylic acids is 3. The van der Waals surface area contributed by atoms with Gasteiger partial charge in [-0.2, -0.15) is 0 Å². The molecule has 2 fully saturated rings. The first-order valence-electron chi connectivity index (χ1n) is 13.2. The third-order valence-corrected chi connectivity index (χ3v) is 7.39. The van der Waals surface area contributed by atoms with Crippen molar-refractivity contribution < 1.29 is 14.4 Å². The molecule has 0 unspecified atom stereocenters. The van der Waals surface area contributed by atoms with E-state index < -0.39 is 5.92 Å². The highest BCUT2D eigenvalue weighted by atomic mass is 16.2. The molecule has 1 N–H and O–H groups in total. The van der Waals surface area contributed by atoms with Gasteiger partial charge >= 0.3 is 0 Å². The third kappa shape index (κ3) is 5.88. The molecule has 3 aromatic rings. The molecule has 196 valence electrons. The molecule has 7 heteroatoms. The standard InChI is InChI=1S/C31H34N4O3/c1-22-9-11-24(12-10-22)20-35-21-26(19-29(35)36)30(37)32-27-7-4-6-25(18-27)31(38)34-15-13-33(14-16-34)28-8-3-5-23(2)17-28/h3-12,17-18,26H,13-16,19-21H2,1-2H3,(H,32,37)/t26-/m0/s1. The second-order valence-electron chi connectivity index (χ2n) is 10.3. The summed E-state index contributed by atoms with van der Waals surface area (Å²) in [6.45, 7) is 7.85. The molecule has 3 aromatic carbocycles. The first-order valence-corrected chi connectivity index (χ1v) is 13.2. The second-order valence-corrected chi connectivity index (χ2v) is 10.3. The van der Waals surface area contributed by atoms with Crippen molar-refractivity contribution in [3.63, 3.8) is 0 Å². The summed E-state index contributed by atoms with van der Waals surface area (Å²) >= 11 is 0. The van der Waals surface area contributed by atoms with E-state index in [1.807, 2.05) is 36.1 Å². The van der Waals surface area contributed by atoms with Crippen LogP contribution in [0.15, 0.2) is 72.8 Å². The predicted octanol–water partition coefficient (Wildman–Crippen LogP) is 4.25. The van der Waals surface area contributed by atoms with Crippen molar-refractivity contribution in [3.05, 3.63) is 95.1 Å². The molecule has 5 rings (SSSR count). The lowest BCUT2D eigenvalue weighted by Gasteiger charge is -2.36. The van der Waals surface area contributed by atoms with Crippen molar-refractivity contribution in [2.24, 2.45) is 5.92 Å². The molecule has 0 bridgehead atoms. The van der Waals surface area contributed by atoms with E-state index in [1.165, 1.54) is 16.8 Å². The molecule has 2 saturated heterocycles. The van der Waals surface area contributed by atoms with Gasteiger partial charge in [-0.25, -0.2) is 0 Å². The second kappa shape index (κ2) is 11.1. The molecular formula is C31H34N4O3. The Labute approximate surface area is 224 Å². The molecule has 3 amide bonds. The molecule has 0 aliphatic carbocycles. The van der Waals surface area contributed by atoms with Crippen LogP contribution in [0.2, 0.25) is 0 Å². The topological polar surface area (TPSA) is 73.0 Å². The smallest absolute Gasteiger partial charge is 0.254 e. The van der Waals surface area contributed by atoms with Crippen molar-refractivity contribution >= 4 is 29.1 Å². The van der Waals surface area contributed by atoms with Crippen LogP contribution >= 0.6 is 0 Å². The van der Waals surface area contributed by atoms with Gasteiger partial charge in [-0.3, -0.25) is 14.4 Å². The summed E-state index contributed by atoms with van der Waals surface area (Å²) in [5, 5.41) is 2.93. The third-order valence-electron chi connectivity index (χ3n) is 7.39. The Morgan fingerprint density at radius 2 is 1.61 bits per heavy atom. The monoisotopic (exact) mass is 510 g/mol. The molecule has 2 aliphatic rings. The highest BCUT2D eigenvalue weighted by Gasteiger charge is 2.34. The Morgan fingerprint density at radius 1 is 0.868 bits per heavy atom. The normalized spacial score (nSPS) is 17.6. The Balaban J connectivity index is 1.16. The molecule has 2 aliphatic heterocycles. The summed E-state index contributed by atoms with van der Waals surface area (Å²) < 4.78 is 0. The van der Waals surface area contributed by atoms with Gasteiger partial charge < -0.3 is 20.0 Å². The van der Waals surface area contributed by atoms with E-state index in [4.69, 9.17) is 0 Å². The number of hydrogen-bond donors (Lipinski definition) is 1. The highest BCUT2D eigenvalue weighted by Crippen LogP contribution is 2.23. The predicted molar refractivity (Wildman–Crippen MR) is 149 cm³/mol. The minimum atomic E-state index is -0.415. The molecule has 0 radical (unpaired) electrons. The molecule has 0 aromatic heterocycles. The van der Waals surface area contributed by atoms with Crippen molar-refractivity contribution in [2.75, 3.05) is 42.9 Å². The highest BCUT2D eigenvalue weighted by molar-refractivity contribution is 5.99. The summed E-state index contributed by atoms with van der Waals surface area (Å²) in [6, 6.07) is 23.6. The molecule has 2 heterocycles. The number of anilines is 2. The fourth-order valence-corrected chi connectivity index (χ4v) is 5.16. The van der Waals surface area contributed by atoms with Crippen LogP contribution in [0.3, 0.4) is 0 Å². The van der Waals surface area contributed by atoms with E-state index >= 15 is 0 Å². The first-order chi connectivity index (χ1) is 18.4. The number of rotatable bonds is 6. The van der Waals surface area contributed by atoms with Gasteiger partial charge in [-0.1, -0.05) is 48.0 Å². The zero-order chi connectivity index (χ0) is 26.6. The van der Waals surface area contributed by atoms with Crippen LogP contribution in [-0.4, -0.2) is 60.2 Å². The van der Waals surface area contributed by atoms with Gasteiger partial charge in [-0.15, -0.1) is 0 Å². The van der Waals surface area contributed by atoms with Crippen LogP contribution < -0.4 is 10.2 Å². The maximum Gasteiger partial charge on any atom is 0.254 e. The average molecular weight is 511 g/mol. The van der Waals surface area contributed by atoms with Gasteiger partial charge in [0.25, 0.3) is 5.91 Å². The first kappa shape index (κ1) is 25.5. The number of likely N-dealkylation sites (tertiary alicyclic amines) is 1. The van der Waals surface area contributed by atoms with Crippen LogP contribution in [0.4, 0.5) is 11.4 Å². The number of nitrogens with zero attached hydrogens (tertiary/aromatic N) is 3. The summed E-state index contributed by atoms with van der Waals surface area (Å²) in [6.07, 6.45) is 0.196. The molecule has 1 atom stereocenters. The number of benzene rings is 3. The maximum absolute atomic E-state index is 13.2. The fourth-order valence-electron chi connectivity index (χ4n) is 5.16. The Bertz CT molecular complexity index is 1330. The van der Waals surface area contributed by atoms with E-state index in [0.29, 0.717) is 37.4 Å². The van der Waals surface area contributed by atoms with E-state index in [1.54, 1.807) is 29.2 Å². The summed E-state index contributed by atoms with van der Waals surface area (Å²) in [7, 11) is 0. The molecule has 38 heavy (non-hydrogen) atoms. The van der Waals surface area contributed by atoms with Crippen LogP contribution in [0, 0.1) is 19.8 Å². The van der Waals surface area contributed by atoms with E-state index in [0.717, 1.165) is 18.7 Å². The number of hydrogen-bond acceptors (Lipinski definition) is 4. The van der Waals surface area contributed by atoms with Crippen molar-refractivity contribution in [1.29, 1.82) is 0 Å². The number of piperazine rings is 1. The molecule has 7 nitrogen and oxygen atoms in total. The summed E-state index contributed by atoms with van der Waals surface area (Å²) in [5.74, 6) is -0.659. The largest absolute Gasteiger partial charge is 0.368 e. The van der Waals surface area contributed by atoms with Gasteiger partial charge in [-0.05, 0) is 55.3 Å². The molecular weight excluding hydrogens is 476 g/mol. The number of carbonyl (C=O) groups is 3. The summed E-state index contributed by atoms with van der Waals surface area (Å²) in [5.41, 5.74) is 5.75. The number of nitrogens with one attached hydrogen (secondary N) is 1. The van der Waals surface area contributed by atoms with Crippen LogP contribution in [0.25, 0.3) is 0 Å². The van der Waals surface area contributed by atoms with Gasteiger partial charge in [0.15, 0.2) is 0 Å². The number of amides is 3. The van der Waals surface area contributed by atoms with Crippen LogP contribution in [0.1, 0.15) is 33.5 Å². The summed E-state index contributed by atoms with van der Waals surface area (Å²) in [4.78, 5) is 44.7. The van der Waals surface area contributed by atoms with E-state index in [2.05, 4.69) is 41.4 Å². The van der Waals surface area contributed by atoms with E-state index in [-0.39, 0.29) is 24.1 Å². The van der Waals surface area contributed by atoms with Crippen LogP contribution in [-0.2, 0) is 16.1 Å². The van der Waals surface area contributed by atoms with Crippen molar-refractivity contribution in [3.8, 4) is 0 Å². The maximum atomic E-state index is 13.2. The van der Waals surface area contributed by atoms with Gasteiger partial charge in [0.2, 0.25) is 11.8 Å². The Hall–Kier alpha value is -4.13. The quantitative estimate of drug-likeness (QED) is 0.538. The zero-order valence-corrected chi connectivity index (χ0v) is 22.0. The minimum Gasteiger partial charge on any atom is -0.368 e. The Morgan fingerprint density at radius 3 is 2.34 bits per heavy atom. The SMILES string of the molecule is Cc1ccc(CN2C[C@@H](C(=O)Nc3cccc(C(=O)N4CCN(c5cccc(C)c5)CC4)c3)CC2=O)cc1. The van der Waals surface area contributed by atoms with Crippen molar-refractivity contribution in [2.45, 2.75) is 26.8 Å². The van der Waals surface area contributed by atoms with Gasteiger partial charge in [0.05, 0.1) is 5.92 Å². The zero-order valence-electron chi connectivity index (χ0n) is 22.0. The van der Waals surface area contributed by atoms with Crippen molar-refractivity contribution in [1.82, 2.24) is 9.80 Å². The lowest BCUT2D eigenvalue weighted by Crippen LogP contribution is -2.48. The average Bonchev–Trinajstić information content (AvgIpc) is 3.30. The minimum absolute atomic E-state index is 0.0144. The van der Waals surface area contributed by atoms with Gasteiger partial charge in [0, 0.05) is 62.6 Å².